The Morgan fingerprint density at radius 3 is 2.59 bits per heavy atom. The number of para-hydroxylation sites is 1. The van der Waals surface area contributed by atoms with Crippen molar-refractivity contribution in [3.05, 3.63) is 42.1 Å². The number of nitrogens with zero attached hydrogens (tertiary/aromatic N) is 4. The zero-order valence-electron chi connectivity index (χ0n) is 18.0. The summed E-state index contributed by atoms with van der Waals surface area (Å²) >= 11 is 0. The average molecular weight is 397 g/mol. The molecule has 158 valence electrons. The number of benzene rings is 1. The van der Waals surface area contributed by atoms with Crippen molar-refractivity contribution in [2.45, 2.75) is 57.8 Å². The molecule has 0 aliphatic carbocycles. The Bertz CT molecular complexity index is 787. The Kier molecular flexibility index (Phi) is 6.81. The zero-order chi connectivity index (χ0) is 20.2. The summed E-state index contributed by atoms with van der Waals surface area (Å²) in [5.41, 5.74) is 2.22. The molecule has 5 nitrogen and oxygen atoms in total. The average Bonchev–Trinajstić information content (AvgIpc) is 2.74. The molecule has 0 amide bonds. The Morgan fingerprint density at radius 1 is 1.03 bits per heavy atom. The van der Waals surface area contributed by atoms with Gasteiger partial charge in [0.15, 0.2) is 0 Å². The number of piperidine rings is 1. The number of aliphatic hydroxyl groups excluding tert-OH is 1. The van der Waals surface area contributed by atoms with Gasteiger partial charge in [-0.05, 0) is 58.3 Å². The van der Waals surface area contributed by atoms with E-state index in [4.69, 9.17) is 4.98 Å². The summed E-state index contributed by atoms with van der Waals surface area (Å²) in [4.78, 5) is 12.7. The van der Waals surface area contributed by atoms with Gasteiger partial charge in [-0.1, -0.05) is 24.3 Å². The van der Waals surface area contributed by atoms with E-state index in [1.165, 1.54) is 31.3 Å². The first-order valence-electron chi connectivity index (χ1n) is 11.3. The molecular weight excluding hydrogens is 360 g/mol. The Morgan fingerprint density at radius 2 is 1.83 bits per heavy atom. The Hall–Kier alpha value is -1.53. The summed E-state index contributed by atoms with van der Waals surface area (Å²) in [6.45, 7) is 11.4. The maximum Gasteiger partial charge on any atom is 0.0705 e. The fraction of sp³-hybridized carbons (Fsp3) is 0.625. The highest BCUT2D eigenvalue weighted by Crippen LogP contribution is 2.25. The summed E-state index contributed by atoms with van der Waals surface area (Å²) in [5, 5.41) is 10.9. The second-order valence-electron chi connectivity index (χ2n) is 9.00. The maximum absolute atomic E-state index is 9.68. The molecule has 1 atom stereocenters. The van der Waals surface area contributed by atoms with Crippen LogP contribution in [0.3, 0.4) is 0 Å². The van der Waals surface area contributed by atoms with E-state index in [0.717, 1.165) is 43.8 Å². The molecule has 2 fully saturated rings. The lowest BCUT2D eigenvalue weighted by Gasteiger charge is -2.48. The normalized spacial score (nSPS) is 23.2. The SMILES string of the molecule is CC(C)N1CCC(N2CCN(Cc3ccc4ccccc4n3)CC2CCO)CC1. The first-order valence-corrected chi connectivity index (χ1v) is 11.3. The van der Waals surface area contributed by atoms with Crippen molar-refractivity contribution in [2.75, 3.05) is 39.3 Å². The lowest BCUT2D eigenvalue weighted by Crippen LogP contribution is -2.58. The molecule has 2 aliphatic heterocycles. The van der Waals surface area contributed by atoms with Crippen molar-refractivity contribution in [1.29, 1.82) is 0 Å². The predicted molar refractivity (Wildman–Crippen MR) is 119 cm³/mol. The van der Waals surface area contributed by atoms with Gasteiger partial charge in [0, 0.05) is 56.3 Å². The molecule has 2 saturated heterocycles. The highest BCUT2D eigenvalue weighted by atomic mass is 16.3. The summed E-state index contributed by atoms with van der Waals surface area (Å²) in [7, 11) is 0. The number of fused-ring (bicyclic) bond motifs is 1. The monoisotopic (exact) mass is 396 g/mol. The predicted octanol–water partition coefficient (Wildman–Crippen LogP) is 2.98. The van der Waals surface area contributed by atoms with Crippen LogP contribution < -0.4 is 0 Å². The number of rotatable bonds is 6. The van der Waals surface area contributed by atoms with Gasteiger partial charge in [-0.25, -0.2) is 0 Å². The van der Waals surface area contributed by atoms with Gasteiger partial charge in [0.25, 0.3) is 0 Å². The van der Waals surface area contributed by atoms with Crippen LogP contribution in [0.5, 0.6) is 0 Å². The van der Waals surface area contributed by atoms with Gasteiger partial charge in [-0.2, -0.15) is 0 Å². The van der Waals surface area contributed by atoms with Crippen LogP contribution in [0.2, 0.25) is 0 Å². The minimum atomic E-state index is 0.272. The zero-order valence-corrected chi connectivity index (χ0v) is 18.0. The van der Waals surface area contributed by atoms with Crippen LogP contribution in [0.15, 0.2) is 36.4 Å². The Balaban J connectivity index is 1.38. The van der Waals surface area contributed by atoms with E-state index in [1.807, 2.05) is 0 Å². The van der Waals surface area contributed by atoms with Crippen LogP contribution in [0.4, 0.5) is 0 Å². The second kappa shape index (κ2) is 9.52. The molecule has 1 aromatic heterocycles. The molecule has 29 heavy (non-hydrogen) atoms. The number of hydrogen-bond acceptors (Lipinski definition) is 5. The maximum atomic E-state index is 9.68. The molecule has 1 aromatic carbocycles. The lowest BCUT2D eigenvalue weighted by molar-refractivity contribution is -0.000314. The van der Waals surface area contributed by atoms with Gasteiger partial charge in [-0.3, -0.25) is 14.8 Å². The molecule has 0 radical (unpaired) electrons. The van der Waals surface area contributed by atoms with E-state index in [0.29, 0.717) is 18.1 Å². The standard InChI is InChI=1S/C24H36N4O/c1-19(2)27-12-9-22(10-13-27)28-15-14-26(18-23(28)11-16-29)17-21-8-7-20-5-3-4-6-24(20)25-21/h3-8,19,22-23,29H,9-18H2,1-2H3. The van der Waals surface area contributed by atoms with Crippen LogP contribution in [0.1, 0.15) is 38.8 Å². The quantitative estimate of drug-likeness (QED) is 0.813. The topological polar surface area (TPSA) is 42.8 Å². The van der Waals surface area contributed by atoms with Crippen LogP contribution in [-0.4, -0.2) is 82.2 Å². The smallest absolute Gasteiger partial charge is 0.0705 e. The van der Waals surface area contributed by atoms with Crippen molar-refractivity contribution in [3.63, 3.8) is 0 Å². The van der Waals surface area contributed by atoms with E-state index >= 15 is 0 Å². The number of pyridine rings is 1. The molecule has 2 aliphatic rings. The van der Waals surface area contributed by atoms with E-state index in [9.17, 15) is 5.11 Å². The summed E-state index contributed by atoms with van der Waals surface area (Å²) in [5.74, 6) is 0. The van der Waals surface area contributed by atoms with Gasteiger partial charge < -0.3 is 10.0 Å². The molecule has 1 unspecified atom stereocenters. The lowest BCUT2D eigenvalue weighted by atomic mass is 9.97. The molecule has 1 N–H and O–H groups in total. The second-order valence-corrected chi connectivity index (χ2v) is 9.00. The molecule has 5 heteroatoms. The fourth-order valence-corrected chi connectivity index (χ4v) is 5.12. The van der Waals surface area contributed by atoms with E-state index in [2.05, 4.69) is 64.9 Å². The van der Waals surface area contributed by atoms with Gasteiger partial charge in [0.2, 0.25) is 0 Å². The summed E-state index contributed by atoms with van der Waals surface area (Å²) in [6.07, 6.45) is 3.38. The molecule has 0 saturated carbocycles. The van der Waals surface area contributed by atoms with Crippen LogP contribution in [0.25, 0.3) is 10.9 Å². The molecule has 4 rings (SSSR count). The molecule has 0 bridgehead atoms. The fourth-order valence-electron chi connectivity index (χ4n) is 5.12. The van der Waals surface area contributed by atoms with Crippen molar-refractivity contribution in [2.24, 2.45) is 0 Å². The third-order valence-corrected chi connectivity index (χ3v) is 6.81. The molecule has 2 aromatic rings. The number of aromatic nitrogens is 1. The van der Waals surface area contributed by atoms with Crippen molar-refractivity contribution in [1.82, 2.24) is 19.7 Å². The minimum absolute atomic E-state index is 0.272. The first-order chi connectivity index (χ1) is 14.1. The highest BCUT2D eigenvalue weighted by molar-refractivity contribution is 5.78. The van der Waals surface area contributed by atoms with Crippen molar-refractivity contribution in [3.8, 4) is 0 Å². The van der Waals surface area contributed by atoms with Gasteiger partial charge in [-0.15, -0.1) is 0 Å². The van der Waals surface area contributed by atoms with Crippen LogP contribution >= 0.6 is 0 Å². The minimum Gasteiger partial charge on any atom is -0.396 e. The summed E-state index contributed by atoms with van der Waals surface area (Å²) in [6, 6.07) is 14.4. The van der Waals surface area contributed by atoms with Crippen LogP contribution in [-0.2, 0) is 6.54 Å². The van der Waals surface area contributed by atoms with Crippen molar-refractivity contribution >= 4 is 10.9 Å². The van der Waals surface area contributed by atoms with Gasteiger partial charge >= 0.3 is 0 Å². The molecular formula is C24H36N4O. The first kappa shape index (κ1) is 20.7. The number of piperazine rings is 1. The third-order valence-electron chi connectivity index (χ3n) is 6.81. The third kappa shape index (κ3) is 4.97. The molecule has 0 spiro atoms. The van der Waals surface area contributed by atoms with Crippen molar-refractivity contribution < 1.29 is 5.11 Å². The van der Waals surface area contributed by atoms with E-state index in [-0.39, 0.29) is 6.61 Å². The molecule has 3 heterocycles. The number of likely N-dealkylation sites (tertiary alicyclic amines) is 1. The Labute approximate surface area is 175 Å². The number of hydrogen-bond donors (Lipinski definition) is 1. The number of aliphatic hydroxyl groups is 1. The van der Waals surface area contributed by atoms with Gasteiger partial charge in [0.1, 0.15) is 0 Å². The summed E-state index contributed by atoms with van der Waals surface area (Å²) < 4.78 is 0. The van der Waals surface area contributed by atoms with Crippen LogP contribution in [0, 0.1) is 0 Å². The largest absolute Gasteiger partial charge is 0.396 e. The van der Waals surface area contributed by atoms with E-state index < -0.39 is 0 Å². The highest BCUT2D eigenvalue weighted by Gasteiger charge is 2.33. The van der Waals surface area contributed by atoms with E-state index in [1.54, 1.807) is 0 Å². The van der Waals surface area contributed by atoms with Gasteiger partial charge in [0.05, 0.1) is 11.2 Å².